The number of hydrogen-bond donors (Lipinski definition) is 1. The predicted octanol–water partition coefficient (Wildman–Crippen LogP) is 3.57. The Morgan fingerprint density at radius 2 is 1.76 bits per heavy atom. The van der Waals surface area contributed by atoms with Crippen LogP contribution >= 0.6 is 0 Å². The Kier molecular flexibility index (Phi) is 7.63. The van der Waals surface area contributed by atoms with Crippen LogP contribution in [0.5, 0.6) is 11.5 Å². The number of Topliss-reactive ketones (excluding diaryl/α,β-unsaturated/α-hetero) is 1. The molecule has 0 spiro atoms. The number of aliphatic hydroxyl groups excluding tert-OH is 1. The molecule has 1 aliphatic rings. The minimum atomic E-state index is -0.790. The third-order valence-corrected chi connectivity index (χ3v) is 6.53. The molecule has 1 fully saturated rings. The van der Waals surface area contributed by atoms with Gasteiger partial charge in [-0.2, -0.15) is 5.10 Å². The summed E-state index contributed by atoms with van der Waals surface area (Å²) in [6.07, 6.45) is 2.18. The average Bonchev–Trinajstić information content (AvgIpc) is 3.40. The molecule has 0 bridgehead atoms. The third kappa shape index (κ3) is 4.95. The number of benzene rings is 2. The Morgan fingerprint density at radius 3 is 2.41 bits per heavy atom. The molecule has 0 aliphatic carbocycles. The highest BCUT2D eigenvalue weighted by molar-refractivity contribution is 6.46. The van der Waals surface area contributed by atoms with Crippen molar-refractivity contribution in [1.82, 2.24) is 19.6 Å². The third-order valence-electron chi connectivity index (χ3n) is 6.53. The molecule has 0 saturated carbocycles. The number of para-hydroxylation sites is 1. The van der Waals surface area contributed by atoms with Crippen molar-refractivity contribution in [2.45, 2.75) is 19.4 Å². The number of ketones is 1. The number of amides is 1. The number of likely N-dealkylation sites (tertiary alicyclic amines) is 1. The topological polar surface area (TPSA) is 97.1 Å². The first kappa shape index (κ1) is 26.0. The lowest BCUT2D eigenvalue weighted by molar-refractivity contribution is -0.139. The monoisotopic (exact) mass is 504 g/mol. The number of carbonyl (C=O) groups excluding carboxylic acids is 2. The summed E-state index contributed by atoms with van der Waals surface area (Å²) in [5.41, 5.74) is 2.52. The molecule has 2 heterocycles. The fourth-order valence-corrected chi connectivity index (χ4v) is 4.65. The number of hydrogen-bond acceptors (Lipinski definition) is 7. The molecule has 9 nitrogen and oxygen atoms in total. The number of aromatic nitrogens is 2. The van der Waals surface area contributed by atoms with Gasteiger partial charge in [0.15, 0.2) is 11.5 Å². The lowest BCUT2D eigenvalue weighted by atomic mass is 9.95. The van der Waals surface area contributed by atoms with Crippen molar-refractivity contribution < 1.29 is 24.2 Å². The summed E-state index contributed by atoms with van der Waals surface area (Å²) in [5, 5.41) is 15.9. The van der Waals surface area contributed by atoms with E-state index in [9.17, 15) is 14.7 Å². The maximum absolute atomic E-state index is 13.4. The molecule has 1 amide bonds. The molecule has 9 heteroatoms. The zero-order chi connectivity index (χ0) is 26.7. The van der Waals surface area contributed by atoms with E-state index in [2.05, 4.69) is 5.10 Å². The van der Waals surface area contributed by atoms with E-state index < -0.39 is 17.7 Å². The van der Waals surface area contributed by atoms with Crippen LogP contribution in [0, 0.1) is 6.92 Å². The molecular formula is C28H32N4O5. The molecule has 1 aromatic heterocycles. The molecule has 3 aromatic rings. The quantitative estimate of drug-likeness (QED) is 0.270. The van der Waals surface area contributed by atoms with Crippen LogP contribution in [0.2, 0.25) is 0 Å². The summed E-state index contributed by atoms with van der Waals surface area (Å²) in [5.74, 6) is -0.641. The molecule has 2 aromatic carbocycles. The van der Waals surface area contributed by atoms with Crippen molar-refractivity contribution in [3.63, 3.8) is 0 Å². The fourth-order valence-electron chi connectivity index (χ4n) is 4.65. The fraction of sp³-hybridized carbons (Fsp3) is 0.321. The first-order valence-electron chi connectivity index (χ1n) is 12.0. The molecule has 1 aliphatic heterocycles. The molecule has 1 atom stereocenters. The minimum Gasteiger partial charge on any atom is -0.507 e. The first-order chi connectivity index (χ1) is 17.8. The van der Waals surface area contributed by atoms with E-state index in [-0.39, 0.29) is 11.3 Å². The summed E-state index contributed by atoms with van der Waals surface area (Å²) < 4.78 is 12.5. The van der Waals surface area contributed by atoms with Gasteiger partial charge >= 0.3 is 0 Å². The SMILES string of the molecule is COc1ccc(C2C(=C(O)c3cnn(-c4ccccc4)c3C)C(=O)C(=O)N2CCCN(C)C)cc1OC. The minimum absolute atomic E-state index is 0.0257. The summed E-state index contributed by atoms with van der Waals surface area (Å²) in [4.78, 5) is 30.2. The average molecular weight is 505 g/mol. The van der Waals surface area contributed by atoms with Crippen molar-refractivity contribution in [2.75, 3.05) is 41.4 Å². The number of aliphatic hydroxyl groups is 1. The van der Waals surface area contributed by atoms with E-state index in [1.54, 1.807) is 22.9 Å². The van der Waals surface area contributed by atoms with Gasteiger partial charge < -0.3 is 24.4 Å². The summed E-state index contributed by atoms with van der Waals surface area (Å²) >= 11 is 0. The van der Waals surface area contributed by atoms with Crippen LogP contribution in [0.25, 0.3) is 11.4 Å². The van der Waals surface area contributed by atoms with Crippen LogP contribution in [0.1, 0.15) is 29.3 Å². The number of nitrogens with zero attached hydrogens (tertiary/aromatic N) is 4. The Balaban J connectivity index is 1.84. The molecule has 1 unspecified atom stereocenters. The second kappa shape index (κ2) is 10.9. The van der Waals surface area contributed by atoms with E-state index in [0.717, 1.165) is 12.2 Å². The van der Waals surface area contributed by atoms with E-state index >= 15 is 0 Å². The second-order valence-electron chi connectivity index (χ2n) is 9.15. The number of methoxy groups -OCH3 is 2. The number of ether oxygens (including phenoxy) is 2. The van der Waals surface area contributed by atoms with Crippen molar-refractivity contribution in [1.29, 1.82) is 0 Å². The van der Waals surface area contributed by atoms with Crippen molar-refractivity contribution in [3.05, 3.63) is 77.1 Å². The van der Waals surface area contributed by atoms with Gasteiger partial charge in [0.25, 0.3) is 11.7 Å². The zero-order valence-electron chi connectivity index (χ0n) is 21.8. The Labute approximate surface area is 216 Å². The van der Waals surface area contributed by atoms with Crippen molar-refractivity contribution in [2.24, 2.45) is 0 Å². The lowest BCUT2D eigenvalue weighted by Gasteiger charge is -2.26. The molecule has 0 radical (unpaired) electrons. The van der Waals surface area contributed by atoms with Crippen LogP contribution < -0.4 is 9.47 Å². The predicted molar refractivity (Wildman–Crippen MR) is 140 cm³/mol. The highest BCUT2D eigenvalue weighted by atomic mass is 16.5. The van der Waals surface area contributed by atoms with E-state index in [4.69, 9.17) is 9.47 Å². The van der Waals surface area contributed by atoms with Crippen LogP contribution in [0.3, 0.4) is 0 Å². The number of rotatable bonds is 9. The smallest absolute Gasteiger partial charge is 0.295 e. The summed E-state index contributed by atoms with van der Waals surface area (Å²) in [7, 11) is 6.97. The van der Waals surface area contributed by atoms with Gasteiger partial charge in [-0.3, -0.25) is 9.59 Å². The Hall–Kier alpha value is -4.11. The van der Waals surface area contributed by atoms with E-state index in [1.165, 1.54) is 25.3 Å². The standard InChI is InChI=1S/C28H32N4O5/c1-18-21(17-29-32(18)20-10-7-6-8-11-20)26(33)24-25(19-12-13-22(36-4)23(16-19)37-5)31(28(35)27(24)34)15-9-14-30(2)3/h6-8,10-13,16-17,25,33H,9,14-15H2,1-5H3. The highest BCUT2D eigenvalue weighted by Crippen LogP contribution is 2.42. The molecule has 1 saturated heterocycles. The summed E-state index contributed by atoms with van der Waals surface area (Å²) in [6.45, 7) is 2.90. The molecule has 37 heavy (non-hydrogen) atoms. The van der Waals surface area contributed by atoms with Gasteiger partial charge in [0.2, 0.25) is 0 Å². The van der Waals surface area contributed by atoms with Crippen LogP contribution in [-0.4, -0.2) is 77.8 Å². The van der Waals surface area contributed by atoms with Gasteiger partial charge in [0.05, 0.1) is 49.0 Å². The molecule has 4 rings (SSSR count). The molecular weight excluding hydrogens is 472 g/mol. The first-order valence-corrected chi connectivity index (χ1v) is 12.0. The lowest BCUT2D eigenvalue weighted by Crippen LogP contribution is -2.32. The van der Waals surface area contributed by atoms with E-state index in [1.807, 2.05) is 56.3 Å². The van der Waals surface area contributed by atoms with Gasteiger partial charge in [0, 0.05) is 6.54 Å². The van der Waals surface area contributed by atoms with Crippen LogP contribution in [0.4, 0.5) is 0 Å². The molecule has 194 valence electrons. The van der Waals surface area contributed by atoms with Gasteiger partial charge in [-0.25, -0.2) is 4.68 Å². The maximum atomic E-state index is 13.4. The Bertz CT molecular complexity index is 1330. The second-order valence-corrected chi connectivity index (χ2v) is 9.15. The normalized spacial score (nSPS) is 17.0. The summed E-state index contributed by atoms with van der Waals surface area (Å²) in [6, 6.07) is 14.0. The van der Waals surface area contributed by atoms with E-state index in [0.29, 0.717) is 41.3 Å². The van der Waals surface area contributed by atoms with Gasteiger partial charge in [-0.05, 0) is 63.8 Å². The Morgan fingerprint density at radius 1 is 1.05 bits per heavy atom. The largest absolute Gasteiger partial charge is 0.507 e. The van der Waals surface area contributed by atoms with Crippen LogP contribution in [-0.2, 0) is 9.59 Å². The van der Waals surface area contributed by atoms with Gasteiger partial charge in [0.1, 0.15) is 5.76 Å². The van der Waals surface area contributed by atoms with Gasteiger partial charge in [-0.15, -0.1) is 0 Å². The van der Waals surface area contributed by atoms with Gasteiger partial charge in [-0.1, -0.05) is 24.3 Å². The zero-order valence-corrected chi connectivity index (χ0v) is 21.8. The number of carbonyl (C=O) groups is 2. The van der Waals surface area contributed by atoms with Crippen molar-refractivity contribution >= 4 is 17.4 Å². The highest BCUT2D eigenvalue weighted by Gasteiger charge is 2.46. The molecule has 1 N–H and O–H groups in total. The van der Waals surface area contributed by atoms with Crippen LogP contribution in [0.15, 0.2) is 60.3 Å². The maximum Gasteiger partial charge on any atom is 0.295 e. The van der Waals surface area contributed by atoms with Crippen molar-refractivity contribution in [3.8, 4) is 17.2 Å².